The first kappa shape index (κ1) is 20.2. The minimum Gasteiger partial charge on any atom is -0.350 e. The molecule has 1 heterocycles. The lowest BCUT2D eigenvalue weighted by Crippen LogP contribution is -2.50. The van der Waals surface area contributed by atoms with Gasteiger partial charge in [-0.1, -0.05) is 18.6 Å². The van der Waals surface area contributed by atoms with Crippen molar-refractivity contribution in [3.63, 3.8) is 0 Å². The highest BCUT2D eigenvalue weighted by Crippen LogP contribution is 2.18. The van der Waals surface area contributed by atoms with E-state index in [0.29, 0.717) is 12.6 Å². The largest absolute Gasteiger partial charge is 0.350 e. The molecule has 0 aromatic heterocycles. The number of benzene rings is 1. The van der Waals surface area contributed by atoms with Crippen molar-refractivity contribution in [3.8, 4) is 0 Å². The average Bonchev–Trinajstić information content (AvgIpc) is 2.64. The van der Waals surface area contributed by atoms with Gasteiger partial charge in [0.2, 0.25) is 0 Å². The van der Waals surface area contributed by atoms with Crippen LogP contribution in [0.1, 0.15) is 43.5 Å². The number of carbonyl (C=O) groups excluding carboxylic acids is 2. The van der Waals surface area contributed by atoms with Gasteiger partial charge in [0.05, 0.1) is 5.56 Å². The standard InChI is InChI=1S/C19H29FN4O2/c1-14-7-5-6-12-24(14)15(2)13-23-19(26)22-11-10-21-18(25)16-8-3-4-9-17(16)20/h3-4,8-9,14-15H,5-7,10-13H2,1-2H3,(H,21,25)(H2,22,23,26)/t14-,15-/m1/s1. The number of piperidine rings is 1. The van der Waals surface area contributed by atoms with Gasteiger partial charge in [0, 0.05) is 31.7 Å². The molecule has 3 N–H and O–H groups in total. The van der Waals surface area contributed by atoms with Crippen molar-refractivity contribution in [2.45, 2.75) is 45.2 Å². The fraction of sp³-hybridized carbons (Fsp3) is 0.579. The van der Waals surface area contributed by atoms with Crippen LogP contribution < -0.4 is 16.0 Å². The summed E-state index contributed by atoms with van der Waals surface area (Å²) in [5.74, 6) is -1.05. The molecule has 3 amide bonds. The molecule has 1 aliphatic heterocycles. The Balaban J connectivity index is 1.61. The van der Waals surface area contributed by atoms with Gasteiger partial charge in [-0.3, -0.25) is 9.69 Å². The van der Waals surface area contributed by atoms with Crippen molar-refractivity contribution in [2.75, 3.05) is 26.2 Å². The summed E-state index contributed by atoms with van der Waals surface area (Å²) in [6.07, 6.45) is 3.69. The number of rotatable bonds is 7. The van der Waals surface area contributed by atoms with Crippen LogP contribution in [0, 0.1) is 5.82 Å². The zero-order valence-corrected chi connectivity index (χ0v) is 15.6. The molecule has 1 aromatic carbocycles. The first-order valence-corrected chi connectivity index (χ1v) is 9.29. The van der Waals surface area contributed by atoms with E-state index >= 15 is 0 Å². The number of amides is 3. The predicted molar refractivity (Wildman–Crippen MR) is 99.6 cm³/mol. The predicted octanol–water partition coefficient (Wildman–Crippen LogP) is 2.12. The number of nitrogens with zero attached hydrogens (tertiary/aromatic N) is 1. The summed E-state index contributed by atoms with van der Waals surface area (Å²) in [5, 5.41) is 8.15. The third kappa shape index (κ3) is 5.98. The van der Waals surface area contributed by atoms with Gasteiger partial charge in [-0.15, -0.1) is 0 Å². The third-order valence-corrected chi connectivity index (χ3v) is 4.79. The number of nitrogens with one attached hydrogen (secondary N) is 3. The molecule has 6 nitrogen and oxygen atoms in total. The number of hydrogen-bond acceptors (Lipinski definition) is 3. The molecule has 7 heteroatoms. The van der Waals surface area contributed by atoms with E-state index in [-0.39, 0.29) is 30.7 Å². The maximum Gasteiger partial charge on any atom is 0.314 e. The molecule has 0 aliphatic carbocycles. The van der Waals surface area contributed by atoms with Crippen LogP contribution >= 0.6 is 0 Å². The van der Waals surface area contributed by atoms with Gasteiger partial charge < -0.3 is 16.0 Å². The minimum absolute atomic E-state index is 0.00132. The van der Waals surface area contributed by atoms with Crippen molar-refractivity contribution in [3.05, 3.63) is 35.6 Å². The van der Waals surface area contributed by atoms with Crippen molar-refractivity contribution < 1.29 is 14.0 Å². The minimum atomic E-state index is -0.559. The van der Waals surface area contributed by atoms with Crippen LogP contribution in [-0.2, 0) is 0 Å². The summed E-state index contributed by atoms with van der Waals surface area (Å²) >= 11 is 0. The Morgan fingerprint density at radius 3 is 2.65 bits per heavy atom. The molecule has 1 fully saturated rings. The Morgan fingerprint density at radius 2 is 1.92 bits per heavy atom. The van der Waals surface area contributed by atoms with Crippen molar-refractivity contribution in [2.24, 2.45) is 0 Å². The highest BCUT2D eigenvalue weighted by atomic mass is 19.1. The van der Waals surface area contributed by atoms with Crippen LogP contribution in [0.4, 0.5) is 9.18 Å². The molecule has 2 atom stereocenters. The Morgan fingerprint density at radius 1 is 1.19 bits per heavy atom. The summed E-state index contributed by atoms with van der Waals surface area (Å²) in [6.45, 7) is 6.52. The van der Waals surface area contributed by atoms with Crippen molar-refractivity contribution in [1.82, 2.24) is 20.9 Å². The van der Waals surface area contributed by atoms with Gasteiger partial charge in [0.1, 0.15) is 5.82 Å². The molecule has 26 heavy (non-hydrogen) atoms. The Kier molecular flexibility index (Phi) is 7.84. The molecule has 0 saturated carbocycles. The van der Waals surface area contributed by atoms with E-state index in [9.17, 15) is 14.0 Å². The Labute approximate surface area is 154 Å². The number of likely N-dealkylation sites (tertiary alicyclic amines) is 1. The van der Waals surface area contributed by atoms with Crippen molar-refractivity contribution in [1.29, 1.82) is 0 Å². The summed E-state index contributed by atoms with van der Waals surface area (Å²) in [5.41, 5.74) is 0.00132. The molecule has 2 rings (SSSR count). The summed E-state index contributed by atoms with van der Waals surface area (Å²) in [7, 11) is 0. The third-order valence-electron chi connectivity index (χ3n) is 4.79. The number of hydrogen-bond donors (Lipinski definition) is 3. The molecule has 1 saturated heterocycles. The van der Waals surface area contributed by atoms with E-state index in [4.69, 9.17) is 0 Å². The summed E-state index contributed by atoms with van der Waals surface area (Å²) < 4.78 is 13.5. The van der Waals surface area contributed by atoms with Gasteiger partial charge in [-0.2, -0.15) is 0 Å². The smallest absolute Gasteiger partial charge is 0.314 e. The van der Waals surface area contributed by atoms with Crippen molar-refractivity contribution >= 4 is 11.9 Å². The molecule has 0 bridgehead atoms. The Hall–Kier alpha value is -2.15. The fourth-order valence-corrected chi connectivity index (χ4v) is 3.29. The van der Waals surface area contributed by atoms with Crippen LogP contribution in [-0.4, -0.2) is 55.1 Å². The van der Waals surface area contributed by atoms with Crippen LogP contribution in [0.25, 0.3) is 0 Å². The molecule has 1 aromatic rings. The molecule has 144 valence electrons. The van der Waals surface area contributed by atoms with E-state index in [1.165, 1.54) is 37.5 Å². The molecular weight excluding hydrogens is 335 g/mol. The second-order valence-electron chi connectivity index (χ2n) is 6.80. The second kappa shape index (κ2) is 10.1. The second-order valence-corrected chi connectivity index (χ2v) is 6.80. The molecule has 0 spiro atoms. The number of carbonyl (C=O) groups is 2. The lowest BCUT2D eigenvalue weighted by molar-refractivity contribution is 0.0949. The summed E-state index contributed by atoms with van der Waals surface area (Å²) in [6, 6.07) is 6.38. The first-order chi connectivity index (χ1) is 12.5. The zero-order valence-electron chi connectivity index (χ0n) is 15.6. The molecule has 1 aliphatic rings. The number of urea groups is 1. The lowest BCUT2D eigenvalue weighted by Gasteiger charge is -2.38. The van der Waals surface area contributed by atoms with Gasteiger partial charge in [0.25, 0.3) is 5.91 Å². The van der Waals surface area contributed by atoms with Crippen LogP contribution in [0.5, 0.6) is 0 Å². The maximum atomic E-state index is 13.5. The highest BCUT2D eigenvalue weighted by molar-refractivity contribution is 5.94. The fourth-order valence-electron chi connectivity index (χ4n) is 3.29. The van der Waals surface area contributed by atoms with Gasteiger partial charge >= 0.3 is 6.03 Å². The lowest BCUT2D eigenvalue weighted by atomic mass is 10.0. The molecule has 0 unspecified atom stereocenters. The van der Waals surface area contributed by atoms with Gasteiger partial charge in [-0.25, -0.2) is 9.18 Å². The summed E-state index contributed by atoms with van der Waals surface area (Å²) in [4.78, 5) is 26.1. The van der Waals surface area contributed by atoms with Crippen LogP contribution in [0.3, 0.4) is 0 Å². The van der Waals surface area contributed by atoms with Crippen LogP contribution in [0.15, 0.2) is 24.3 Å². The Bertz CT molecular complexity index is 611. The molecule has 0 radical (unpaired) electrons. The van der Waals surface area contributed by atoms with Gasteiger partial charge in [0.15, 0.2) is 0 Å². The van der Waals surface area contributed by atoms with E-state index in [1.54, 1.807) is 6.07 Å². The topological polar surface area (TPSA) is 73.5 Å². The van der Waals surface area contributed by atoms with E-state index in [2.05, 4.69) is 34.7 Å². The van der Waals surface area contributed by atoms with E-state index in [1.807, 2.05) is 0 Å². The zero-order chi connectivity index (χ0) is 18.9. The van der Waals surface area contributed by atoms with Gasteiger partial charge in [-0.05, 0) is 45.4 Å². The van der Waals surface area contributed by atoms with E-state index in [0.717, 1.165) is 6.54 Å². The highest BCUT2D eigenvalue weighted by Gasteiger charge is 2.23. The number of halogens is 1. The normalized spacial score (nSPS) is 18.8. The maximum absolute atomic E-state index is 13.5. The average molecular weight is 364 g/mol. The quantitative estimate of drug-likeness (QED) is 0.649. The molecular formula is C19H29FN4O2. The SMILES string of the molecule is C[C@@H]1CCCCN1[C@H](C)CNC(=O)NCCNC(=O)c1ccccc1F. The van der Waals surface area contributed by atoms with Crippen LogP contribution in [0.2, 0.25) is 0 Å². The van der Waals surface area contributed by atoms with E-state index < -0.39 is 11.7 Å². The first-order valence-electron chi connectivity index (χ1n) is 9.29. The monoisotopic (exact) mass is 364 g/mol.